The Balaban J connectivity index is 2.08. The summed E-state index contributed by atoms with van der Waals surface area (Å²) in [6.45, 7) is 6.36. The minimum Gasteiger partial charge on any atom is -0.464 e. The third-order valence-electron chi connectivity index (χ3n) is 2.82. The average Bonchev–Trinajstić information content (AvgIpc) is 3.03. The predicted molar refractivity (Wildman–Crippen MR) is 81.6 cm³/mol. The fourth-order valence-electron chi connectivity index (χ4n) is 1.75. The van der Waals surface area contributed by atoms with Crippen LogP contribution in [0, 0.1) is 6.92 Å². The highest BCUT2D eigenvalue weighted by atomic mass is 32.2. The van der Waals surface area contributed by atoms with Crippen LogP contribution in [-0.2, 0) is 23.1 Å². The standard InChI is InChI=1S/C13H19N3O3S2/c1-9(2)14-6-12-4-13(10(3)19-12)21(17,18)16-5-11-7-20-8-15-11/h4,7-9,14,16H,5-6H2,1-3H3. The molecule has 0 aliphatic rings. The van der Waals surface area contributed by atoms with Crippen LogP contribution in [0.3, 0.4) is 0 Å². The topological polar surface area (TPSA) is 84.2 Å². The zero-order valence-corrected chi connectivity index (χ0v) is 13.8. The van der Waals surface area contributed by atoms with Gasteiger partial charge in [0.2, 0.25) is 10.0 Å². The molecule has 2 aromatic rings. The largest absolute Gasteiger partial charge is 0.464 e. The Labute approximate surface area is 128 Å². The Bertz CT molecular complexity index is 676. The molecule has 2 N–H and O–H groups in total. The Morgan fingerprint density at radius 1 is 1.38 bits per heavy atom. The van der Waals surface area contributed by atoms with E-state index in [9.17, 15) is 8.42 Å². The molecule has 0 aromatic carbocycles. The lowest BCUT2D eigenvalue weighted by molar-refractivity contribution is 0.444. The highest BCUT2D eigenvalue weighted by Crippen LogP contribution is 2.20. The lowest BCUT2D eigenvalue weighted by Crippen LogP contribution is -2.23. The van der Waals surface area contributed by atoms with E-state index in [0.29, 0.717) is 29.8 Å². The first-order chi connectivity index (χ1) is 9.88. The molecule has 0 saturated carbocycles. The van der Waals surface area contributed by atoms with Crippen molar-refractivity contribution in [1.29, 1.82) is 0 Å². The van der Waals surface area contributed by atoms with Crippen molar-refractivity contribution in [3.63, 3.8) is 0 Å². The van der Waals surface area contributed by atoms with Gasteiger partial charge in [0.05, 0.1) is 24.3 Å². The number of nitrogens with zero attached hydrogens (tertiary/aromatic N) is 1. The van der Waals surface area contributed by atoms with E-state index in [-0.39, 0.29) is 11.4 Å². The van der Waals surface area contributed by atoms with Gasteiger partial charge in [-0.05, 0) is 6.92 Å². The molecule has 2 heterocycles. The smallest absolute Gasteiger partial charge is 0.244 e. The van der Waals surface area contributed by atoms with Crippen molar-refractivity contribution in [2.45, 2.75) is 44.8 Å². The van der Waals surface area contributed by atoms with Crippen LogP contribution in [0.2, 0.25) is 0 Å². The molecule has 116 valence electrons. The molecule has 0 fully saturated rings. The number of hydrogen-bond donors (Lipinski definition) is 2. The fraction of sp³-hybridized carbons (Fsp3) is 0.462. The molecule has 0 saturated heterocycles. The third-order valence-corrected chi connectivity index (χ3v) is 4.97. The van der Waals surface area contributed by atoms with E-state index < -0.39 is 10.0 Å². The van der Waals surface area contributed by atoms with Gasteiger partial charge in [0.1, 0.15) is 16.4 Å². The number of aryl methyl sites for hydroxylation is 1. The lowest BCUT2D eigenvalue weighted by atomic mass is 10.3. The van der Waals surface area contributed by atoms with Gasteiger partial charge in [0.25, 0.3) is 0 Å². The highest BCUT2D eigenvalue weighted by Gasteiger charge is 2.21. The van der Waals surface area contributed by atoms with Gasteiger partial charge < -0.3 is 9.73 Å². The summed E-state index contributed by atoms with van der Waals surface area (Å²) in [5, 5.41) is 5.00. The van der Waals surface area contributed by atoms with Crippen LogP contribution >= 0.6 is 11.3 Å². The molecule has 0 atom stereocenters. The van der Waals surface area contributed by atoms with Crippen molar-refractivity contribution in [1.82, 2.24) is 15.0 Å². The summed E-state index contributed by atoms with van der Waals surface area (Å²) in [4.78, 5) is 4.23. The van der Waals surface area contributed by atoms with Gasteiger partial charge in [-0.2, -0.15) is 0 Å². The van der Waals surface area contributed by atoms with Gasteiger partial charge in [0, 0.05) is 17.5 Å². The molecule has 0 unspecified atom stereocenters. The summed E-state index contributed by atoms with van der Waals surface area (Å²) >= 11 is 1.43. The number of thiazole rings is 1. The van der Waals surface area contributed by atoms with Crippen LogP contribution in [-0.4, -0.2) is 19.4 Å². The molecule has 0 aliphatic heterocycles. The van der Waals surface area contributed by atoms with Crippen LogP contribution < -0.4 is 10.0 Å². The maximum atomic E-state index is 12.3. The highest BCUT2D eigenvalue weighted by molar-refractivity contribution is 7.89. The van der Waals surface area contributed by atoms with E-state index in [4.69, 9.17) is 4.42 Å². The molecule has 0 bridgehead atoms. The van der Waals surface area contributed by atoms with Crippen LogP contribution in [0.5, 0.6) is 0 Å². The number of aromatic nitrogens is 1. The van der Waals surface area contributed by atoms with Gasteiger partial charge in [-0.25, -0.2) is 18.1 Å². The van der Waals surface area contributed by atoms with E-state index in [1.165, 1.54) is 11.3 Å². The van der Waals surface area contributed by atoms with Crippen LogP contribution in [0.15, 0.2) is 26.3 Å². The number of nitrogens with one attached hydrogen (secondary N) is 2. The Kier molecular flexibility index (Phi) is 5.15. The van der Waals surface area contributed by atoms with Crippen LogP contribution in [0.1, 0.15) is 31.1 Å². The molecule has 8 heteroatoms. The van der Waals surface area contributed by atoms with Gasteiger partial charge in [-0.3, -0.25) is 0 Å². The molecule has 6 nitrogen and oxygen atoms in total. The number of furan rings is 1. The zero-order chi connectivity index (χ0) is 15.5. The lowest BCUT2D eigenvalue weighted by Gasteiger charge is -2.04. The fourth-order valence-corrected chi connectivity index (χ4v) is 3.51. The minimum absolute atomic E-state index is 0.177. The van der Waals surface area contributed by atoms with E-state index in [1.54, 1.807) is 18.5 Å². The number of sulfonamides is 1. The summed E-state index contributed by atoms with van der Waals surface area (Å²) in [6, 6.07) is 1.87. The van der Waals surface area contributed by atoms with Gasteiger partial charge in [0.15, 0.2) is 0 Å². The van der Waals surface area contributed by atoms with E-state index in [2.05, 4.69) is 15.0 Å². The zero-order valence-electron chi connectivity index (χ0n) is 12.2. The molecular formula is C13H19N3O3S2. The van der Waals surface area contributed by atoms with E-state index in [0.717, 1.165) is 0 Å². The second-order valence-corrected chi connectivity index (χ2v) is 7.43. The van der Waals surface area contributed by atoms with Gasteiger partial charge >= 0.3 is 0 Å². The van der Waals surface area contributed by atoms with E-state index in [1.807, 2.05) is 19.2 Å². The van der Waals surface area contributed by atoms with Gasteiger partial charge in [-0.15, -0.1) is 11.3 Å². The second kappa shape index (κ2) is 6.69. The Morgan fingerprint density at radius 2 is 2.14 bits per heavy atom. The molecule has 0 amide bonds. The summed E-state index contributed by atoms with van der Waals surface area (Å²) in [5.74, 6) is 0.997. The first-order valence-corrected chi connectivity index (χ1v) is 9.00. The van der Waals surface area contributed by atoms with E-state index >= 15 is 0 Å². The van der Waals surface area contributed by atoms with Gasteiger partial charge in [-0.1, -0.05) is 13.8 Å². The summed E-state index contributed by atoms with van der Waals surface area (Å²) in [5.41, 5.74) is 2.37. The normalized spacial score (nSPS) is 12.2. The predicted octanol–water partition coefficient (Wildman–Crippen LogP) is 2.02. The van der Waals surface area contributed by atoms with Crippen molar-refractivity contribution in [2.24, 2.45) is 0 Å². The summed E-state index contributed by atoms with van der Waals surface area (Å²) < 4.78 is 32.6. The SMILES string of the molecule is Cc1oc(CNC(C)C)cc1S(=O)(=O)NCc1cscn1. The van der Waals surface area contributed by atoms with Crippen LogP contribution in [0.4, 0.5) is 0 Å². The average molecular weight is 329 g/mol. The molecule has 2 rings (SSSR count). The molecule has 0 spiro atoms. The maximum Gasteiger partial charge on any atom is 0.244 e. The molecule has 21 heavy (non-hydrogen) atoms. The van der Waals surface area contributed by atoms with Crippen molar-refractivity contribution in [3.05, 3.63) is 34.2 Å². The first-order valence-electron chi connectivity index (χ1n) is 6.58. The molecule has 0 radical (unpaired) electrons. The quantitative estimate of drug-likeness (QED) is 0.812. The van der Waals surface area contributed by atoms with Crippen LogP contribution in [0.25, 0.3) is 0 Å². The summed E-state index contributed by atoms with van der Waals surface area (Å²) in [7, 11) is -3.59. The molecule has 0 aliphatic carbocycles. The third kappa shape index (κ3) is 4.37. The molecule has 2 aromatic heterocycles. The number of rotatable bonds is 7. The van der Waals surface area contributed by atoms with Crippen molar-refractivity contribution >= 4 is 21.4 Å². The second-order valence-electron chi connectivity index (χ2n) is 4.97. The maximum absolute atomic E-state index is 12.3. The summed E-state index contributed by atoms with van der Waals surface area (Å²) in [6.07, 6.45) is 0. The minimum atomic E-state index is -3.59. The van der Waals surface area contributed by atoms with Crippen molar-refractivity contribution in [3.8, 4) is 0 Å². The Morgan fingerprint density at radius 3 is 2.76 bits per heavy atom. The Hall–Kier alpha value is -1.22. The van der Waals surface area contributed by atoms with Crippen molar-refractivity contribution < 1.29 is 12.8 Å². The first kappa shape index (κ1) is 16.2. The monoisotopic (exact) mass is 329 g/mol. The van der Waals surface area contributed by atoms with Crippen molar-refractivity contribution in [2.75, 3.05) is 0 Å². The number of hydrogen-bond acceptors (Lipinski definition) is 6. The molecular weight excluding hydrogens is 310 g/mol.